The van der Waals surface area contributed by atoms with Crippen molar-refractivity contribution >= 4 is 69.0 Å². The van der Waals surface area contributed by atoms with Crippen LogP contribution in [-0.4, -0.2) is 18.9 Å². The van der Waals surface area contributed by atoms with E-state index in [0.29, 0.717) is 27.7 Å². The van der Waals surface area contributed by atoms with Crippen molar-refractivity contribution in [2.75, 3.05) is 17.3 Å². The molecule has 0 unspecified atom stereocenters. The minimum absolute atomic E-state index is 0.0284. The number of halogens is 3. The minimum atomic E-state index is -0.618. The van der Waals surface area contributed by atoms with Gasteiger partial charge in [-0.25, -0.2) is 4.90 Å². The number of nitrogens with one attached hydrogen (secondary N) is 1. The van der Waals surface area contributed by atoms with Gasteiger partial charge in [0.2, 0.25) is 0 Å². The van der Waals surface area contributed by atoms with Gasteiger partial charge in [0.15, 0.2) is 0 Å². The Morgan fingerprint density at radius 3 is 2.37 bits per heavy atom. The van der Waals surface area contributed by atoms with Crippen molar-refractivity contribution in [3.63, 3.8) is 0 Å². The van der Waals surface area contributed by atoms with Crippen LogP contribution >= 0.6 is 45.8 Å². The summed E-state index contributed by atoms with van der Waals surface area (Å²) in [5.74, 6) is -0.862. The van der Waals surface area contributed by atoms with Crippen molar-refractivity contribution in [3.8, 4) is 5.75 Å². The lowest BCUT2D eigenvalue weighted by Crippen LogP contribution is -2.32. The van der Waals surface area contributed by atoms with E-state index in [1.54, 1.807) is 19.1 Å². The van der Waals surface area contributed by atoms with Gasteiger partial charge in [-0.05, 0) is 71.8 Å². The smallest absolute Gasteiger partial charge is 0.283 e. The van der Waals surface area contributed by atoms with Crippen molar-refractivity contribution in [1.82, 2.24) is 0 Å². The van der Waals surface area contributed by atoms with Crippen molar-refractivity contribution in [3.05, 3.63) is 60.8 Å². The van der Waals surface area contributed by atoms with Crippen LogP contribution in [0.2, 0.25) is 5.02 Å². The molecule has 0 aromatic heterocycles. The number of nitrogens with zero attached hydrogens (tertiary/aromatic N) is 1. The van der Waals surface area contributed by atoms with Gasteiger partial charge in [0, 0.05) is 20.3 Å². The fourth-order valence-corrected chi connectivity index (χ4v) is 3.73. The zero-order valence-corrected chi connectivity index (χ0v) is 18.4. The van der Waals surface area contributed by atoms with E-state index in [1.807, 2.05) is 25.1 Å². The Bertz CT molecular complexity index is 1000. The molecule has 2 aromatic carbocycles. The Labute approximate surface area is 180 Å². The monoisotopic (exact) mass is 516 g/mol. The van der Waals surface area contributed by atoms with Gasteiger partial charge in [-0.3, -0.25) is 9.59 Å². The number of anilines is 2. The van der Waals surface area contributed by atoms with E-state index in [-0.39, 0.29) is 10.7 Å². The molecule has 0 saturated carbocycles. The highest BCUT2D eigenvalue weighted by atomic mass is 127. The highest BCUT2D eigenvalue weighted by Gasteiger charge is 2.40. The molecule has 1 N–H and O–H groups in total. The summed E-state index contributed by atoms with van der Waals surface area (Å²) < 4.78 is 6.36. The number of rotatable bonds is 4. The topological polar surface area (TPSA) is 58.6 Å². The molecule has 3 rings (SSSR count). The average Bonchev–Trinajstić information content (AvgIpc) is 2.82. The minimum Gasteiger partial charge on any atom is -0.494 e. The maximum Gasteiger partial charge on any atom is 0.283 e. The molecule has 0 atom stereocenters. The second kappa shape index (κ2) is 7.69. The normalized spacial score (nSPS) is 14.2. The van der Waals surface area contributed by atoms with Crippen LogP contribution in [0.15, 0.2) is 41.1 Å². The maximum atomic E-state index is 13.0. The predicted octanol–water partition coefficient (Wildman–Crippen LogP) is 5.01. The van der Waals surface area contributed by atoms with Gasteiger partial charge >= 0.3 is 0 Å². The van der Waals surface area contributed by atoms with Gasteiger partial charge in [0.1, 0.15) is 16.5 Å². The maximum absolute atomic E-state index is 13.0. The molecule has 2 aromatic rings. The largest absolute Gasteiger partial charge is 0.494 e. The first-order chi connectivity index (χ1) is 12.7. The fraction of sp³-hybridized carbons (Fsp3) is 0.158. The highest BCUT2D eigenvalue weighted by molar-refractivity contribution is 14.1. The summed E-state index contributed by atoms with van der Waals surface area (Å²) in [5, 5.41) is 3.30. The SMILES string of the molecule is COc1cc(Cl)c(C)cc1N1C(=O)C(Cl)=C(Nc2ccc(I)cc2C)C1=O. The first-order valence-electron chi connectivity index (χ1n) is 7.90. The molecule has 1 aliphatic heterocycles. The fourth-order valence-electron chi connectivity index (χ4n) is 2.72. The van der Waals surface area contributed by atoms with Gasteiger partial charge in [-0.15, -0.1) is 0 Å². The van der Waals surface area contributed by atoms with Gasteiger partial charge < -0.3 is 10.1 Å². The van der Waals surface area contributed by atoms with Crippen LogP contribution in [0.1, 0.15) is 11.1 Å². The predicted molar refractivity (Wildman–Crippen MR) is 116 cm³/mol. The van der Waals surface area contributed by atoms with Crippen LogP contribution in [0, 0.1) is 17.4 Å². The summed E-state index contributed by atoms with van der Waals surface area (Å²) in [6.07, 6.45) is 0. The number of amides is 2. The molecule has 140 valence electrons. The summed E-state index contributed by atoms with van der Waals surface area (Å²) in [7, 11) is 1.44. The Morgan fingerprint density at radius 1 is 1.04 bits per heavy atom. The van der Waals surface area contributed by atoms with Gasteiger partial charge in [0.25, 0.3) is 11.8 Å². The third-order valence-electron chi connectivity index (χ3n) is 4.18. The van der Waals surface area contributed by atoms with Crippen LogP contribution < -0.4 is 15.0 Å². The quantitative estimate of drug-likeness (QED) is 0.458. The lowest BCUT2D eigenvalue weighted by molar-refractivity contribution is -0.120. The Hall–Kier alpha value is -1.77. The molecule has 0 spiro atoms. The third-order valence-corrected chi connectivity index (χ3v) is 5.61. The number of benzene rings is 2. The molecule has 1 aliphatic rings. The molecule has 0 radical (unpaired) electrons. The molecule has 0 saturated heterocycles. The van der Waals surface area contributed by atoms with E-state index in [2.05, 4.69) is 27.9 Å². The Morgan fingerprint density at radius 2 is 1.74 bits per heavy atom. The lowest BCUT2D eigenvalue weighted by atomic mass is 10.2. The number of hydrogen-bond donors (Lipinski definition) is 1. The van der Waals surface area contributed by atoms with Crippen molar-refractivity contribution < 1.29 is 14.3 Å². The van der Waals surface area contributed by atoms with Crippen LogP contribution in [-0.2, 0) is 9.59 Å². The van der Waals surface area contributed by atoms with E-state index < -0.39 is 11.8 Å². The zero-order valence-electron chi connectivity index (χ0n) is 14.7. The summed E-state index contributed by atoms with van der Waals surface area (Å²) >= 11 is 14.5. The second-order valence-corrected chi connectivity index (χ2v) is 8.02. The van der Waals surface area contributed by atoms with E-state index in [4.69, 9.17) is 27.9 Å². The number of methoxy groups -OCH3 is 1. The highest BCUT2D eigenvalue weighted by Crippen LogP contribution is 2.38. The van der Waals surface area contributed by atoms with E-state index in [1.165, 1.54) is 7.11 Å². The summed E-state index contributed by atoms with van der Waals surface area (Å²) in [6, 6.07) is 8.88. The van der Waals surface area contributed by atoms with E-state index >= 15 is 0 Å². The standard InChI is InChI=1S/C19H15Cl2IN2O3/c1-9-7-14(15(27-3)8-12(9)20)24-18(25)16(21)17(19(24)26)23-13-5-4-11(22)6-10(13)2/h4-8,23H,1-3H3. The number of ether oxygens (including phenoxy) is 1. The summed E-state index contributed by atoms with van der Waals surface area (Å²) in [6.45, 7) is 3.68. The third kappa shape index (κ3) is 3.66. The van der Waals surface area contributed by atoms with Crippen LogP contribution in [0.25, 0.3) is 0 Å². The summed E-state index contributed by atoms with van der Waals surface area (Å²) in [4.78, 5) is 26.7. The first kappa shape index (κ1) is 20.0. The molecule has 8 heteroatoms. The van der Waals surface area contributed by atoms with Crippen LogP contribution in [0.5, 0.6) is 5.75 Å². The Balaban J connectivity index is 2.01. The van der Waals surface area contributed by atoms with Gasteiger partial charge in [-0.2, -0.15) is 0 Å². The first-order valence-corrected chi connectivity index (χ1v) is 9.74. The number of carbonyl (C=O) groups is 2. The molecule has 5 nitrogen and oxygen atoms in total. The van der Waals surface area contributed by atoms with E-state index in [9.17, 15) is 9.59 Å². The number of aryl methyl sites for hydroxylation is 2. The van der Waals surface area contributed by atoms with Crippen LogP contribution in [0.3, 0.4) is 0 Å². The van der Waals surface area contributed by atoms with E-state index in [0.717, 1.165) is 14.0 Å². The number of carbonyl (C=O) groups excluding carboxylic acids is 2. The van der Waals surface area contributed by atoms with Crippen molar-refractivity contribution in [1.29, 1.82) is 0 Å². The number of imide groups is 1. The molecule has 2 amide bonds. The van der Waals surface area contributed by atoms with Crippen molar-refractivity contribution in [2.45, 2.75) is 13.8 Å². The molecule has 27 heavy (non-hydrogen) atoms. The van der Waals surface area contributed by atoms with Gasteiger partial charge in [0.05, 0.1) is 12.8 Å². The average molecular weight is 517 g/mol. The van der Waals surface area contributed by atoms with Crippen LogP contribution in [0.4, 0.5) is 11.4 Å². The summed E-state index contributed by atoms with van der Waals surface area (Å²) in [5.41, 5.74) is 2.66. The van der Waals surface area contributed by atoms with Crippen molar-refractivity contribution in [2.24, 2.45) is 0 Å². The molecule has 0 bridgehead atoms. The molecular formula is C19H15Cl2IN2O3. The molecule has 0 fully saturated rings. The number of hydrogen-bond acceptors (Lipinski definition) is 4. The van der Waals surface area contributed by atoms with Gasteiger partial charge in [-0.1, -0.05) is 23.2 Å². The molecular weight excluding hydrogens is 502 g/mol. The Kier molecular flexibility index (Phi) is 5.69. The molecule has 1 heterocycles. The zero-order chi connectivity index (χ0) is 19.9. The molecule has 0 aliphatic carbocycles. The lowest BCUT2D eigenvalue weighted by Gasteiger charge is -2.19. The second-order valence-electron chi connectivity index (χ2n) is 5.99.